The van der Waals surface area contributed by atoms with Crippen molar-refractivity contribution in [2.24, 2.45) is 0 Å². The molecule has 186 valence electrons. The molecule has 10 heteroatoms. The van der Waals surface area contributed by atoms with Crippen LogP contribution in [0.1, 0.15) is 44.0 Å². The Morgan fingerprint density at radius 2 is 1.89 bits per heavy atom. The number of carbonyl (C=O) groups is 1. The Morgan fingerprint density at radius 3 is 2.60 bits per heavy atom. The summed E-state index contributed by atoms with van der Waals surface area (Å²) in [6, 6.07) is 10.3. The molecule has 3 aromatic rings. The Morgan fingerprint density at radius 1 is 1.14 bits per heavy atom. The number of aliphatic hydroxyl groups excluding tert-OH is 2. The molecule has 2 aromatic carbocycles. The first-order valence-corrected chi connectivity index (χ1v) is 11.9. The smallest absolute Gasteiger partial charge is 0.323 e. The van der Waals surface area contributed by atoms with Gasteiger partial charge in [-0.25, -0.2) is 9.78 Å². The number of nitrogens with zero attached hydrogens (tertiary/aromatic N) is 1. The van der Waals surface area contributed by atoms with Crippen molar-refractivity contribution in [3.8, 4) is 11.5 Å². The van der Waals surface area contributed by atoms with E-state index in [1.54, 1.807) is 43.5 Å². The van der Waals surface area contributed by atoms with Crippen molar-refractivity contribution in [3.05, 3.63) is 42.2 Å². The summed E-state index contributed by atoms with van der Waals surface area (Å²) in [6.45, 7) is -0.247. The quantitative estimate of drug-likeness (QED) is 0.346. The van der Waals surface area contributed by atoms with Crippen LogP contribution in [-0.4, -0.2) is 58.2 Å². The molecule has 35 heavy (non-hydrogen) atoms. The molecule has 5 N–H and O–H groups in total. The molecule has 0 spiro atoms. The molecule has 10 nitrogen and oxygen atoms in total. The van der Waals surface area contributed by atoms with Crippen LogP contribution in [0.4, 0.5) is 16.2 Å². The van der Waals surface area contributed by atoms with Gasteiger partial charge in [-0.1, -0.05) is 0 Å². The Hall–Kier alpha value is -3.34. The first-order chi connectivity index (χ1) is 17.0. The normalized spacial score (nSPS) is 22.4. The number of aromatic amines is 1. The van der Waals surface area contributed by atoms with Gasteiger partial charge in [-0.05, 0) is 56.0 Å². The number of methoxy groups -OCH3 is 1. The molecule has 1 saturated carbocycles. The maximum absolute atomic E-state index is 12.7. The number of imidazole rings is 1. The van der Waals surface area contributed by atoms with Crippen LogP contribution in [0.2, 0.25) is 0 Å². The summed E-state index contributed by atoms with van der Waals surface area (Å²) in [7, 11) is 1.60. The van der Waals surface area contributed by atoms with Crippen LogP contribution in [0, 0.1) is 0 Å². The van der Waals surface area contributed by atoms with E-state index in [2.05, 4.69) is 20.6 Å². The lowest BCUT2D eigenvalue weighted by molar-refractivity contribution is -0.0244. The molecule has 1 saturated heterocycles. The number of amides is 2. The molecule has 0 radical (unpaired) electrons. The number of ether oxygens (including phenoxy) is 3. The van der Waals surface area contributed by atoms with Gasteiger partial charge in [0.05, 0.1) is 37.0 Å². The maximum Gasteiger partial charge on any atom is 0.323 e. The van der Waals surface area contributed by atoms with E-state index in [-0.39, 0.29) is 12.7 Å². The van der Waals surface area contributed by atoms with Crippen LogP contribution in [-0.2, 0) is 4.74 Å². The minimum absolute atomic E-state index is 0.173. The second-order valence-electron chi connectivity index (χ2n) is 8.97. The Balaban J connectivity index is 1.25. The molecule has 2 heterocycles. The van der Waals surface area contributed by atoms with Gasteiger partial charge >= 0.3 is 6.03 Å². The zero-order chi connectivity index (χ0) is 24.4. The van der Waals surface area contributed by atoms with Crippen LogP contribution >= 0.6 is 0 Å². The summed E-state index contributed by atoms with van der Waals surface area (Å²) in [5.74, 6) is 1.82. The molecular weight excluding hydrogens is 452 g/mol. The predicted molar refractivity (Wildman–Crippen MR) is 130 cm³/mol. The van der Waals surface area contributed by atoms with Crippen molar-refractivity contribution in [3.63, 3.8) is 0 Å². The first-order valence-electron chi connectivity index (χ1n) is 11.9. The summed E-state index contributed by atoms with van der Waals surface area (Å²) in [6.07, 6.45) is 3.12. The first kappa shape index (κ1) is 23.4. The van der Waals surface area contributed by atoms with Gasteiger partial charge in [0.2, 0.25) is 0 Å². The molecule has 0 bridgehead atoms. The van der Waals surface area contributed by atoms with Gasteiger partial charge < -0.3 is 40.0 Å². The number of aliphatic hydroxyl groups is 2. The largest absolute Gasteiger partial charge is 0.493 e. The summed E-state index contributed by atoms with van der Waals surface area (Å²) in [5, 5.41) is 24.9. The number of fused-ring (bicyclic) bond motifs is 1. The van der Waals surface area contributed by atoms with Crippen molar-refractivity contribution in [2.75, 3.05) is 24.4 Å². The van der Waals surface area contributed by atoms with E-state index in [0.29, 0.717) is 40.6 Å². The van der Waals surface area contributed by atoms with Crippen molar-refractivity contribution in [2.45, 2.75) is 56.5 Å². The minimum atomic E-state index is -0.735. The highest BCUT2D eigenvalue weighted by Gasteiger charge is 2.35. The molecule has 1 aromatic heterocycles. The fourth-order valence-electron chi connectivity index (χ4n) is 4.65. The van der Waals surface area contributed by atoms with E-state index in [9.17, 15) is 15.0 Å². The number of anilines is 2. The summed E-state index contributed by atoms with van der Waals surface area (Å²) in [5.41, 5.74) is 2.61. The number of urea groups is 1. The van der Waals surface area contributed by atoms with Crippen LogP contribution in [0.15, 0.2) is 36.4 Å². The van der Waals surface area contributed by atoms with E-state index >= 15 is 0 Å². The molecule has 2 amide bonds. The van der Waals surface area contributed by atoms with Crippen molar-refractivity contribution < 1.29 is 29.2 Å². The van der Waals surface area contributed by atoms with Crippen LogP contribution < -0.4 is 20.1 Å². The van der Waals surface area contributed by atoms with Crippen LogP contribution in [0.5, 0.6) is 11.5 Å². The highest BCUT2D eigenvalue weighted by molar-refractivity contribution is 6.00. The van der Waals surface area contributed by atoms with Gasteiger partial charge in [0, 0.05) is 23.9 Å². The fraction of sp³-hybridized carbons (Fsp3) is 0.440. The lowest BCUT2D eigenvalue weighted by atomic mass is 10.1. The molecule has 0 unspecified atom stereocenters. The second kappa shape index (κ2) is 10.1. The van der Waals surface area contributed by atoms with E-state index in [1.165, 1.54) is 0 Å². The van der Waals surface area contributed by atoms with Gasteiger partial charge in [-0.15, -0.1) is 0 Å². The highest BCUT2D eigenvalue weighted by atomic mass is 16.5. The Bertz CT molecular complexity index is 1190. The van der Waals surface area contributed by atoms with Gasteiger partial charge in [-0.2, -0.15) is 0 Å². The molecule has 1 aliphatic heterocycles. The average molecular weight is 483 g/mol. The van der Waals surface area contributed by atoms with E-state index in [1.807, 2.05) is 0 Å². The number of hydrogen-bond acceptors (Lipinski definition) is 7. The Kier molecular flexibility index (Phi) is 6.76. The molecular formula is C25H30N4O6. The molecule has 3 atom stereocenters. The monoisotopic (exact) mass is 482 g/mol. The zero-order valence-electron chi connectivity index (χ0n) is 19.5. The van der Waals surface area contributed by atoms with Crippen LogP contribution in [0.25, 0.3) is 11.0 Å². The number of hydrogen-bond donors (Lipinski definition) is 5. The third-order valence-electron chi connectivity index (χ3n) is 6.48. The van der Waals surface area contributed by atoms with Gasteiger partial charge in [-0.3, -0.25) is 0 Å². The van der Waals surface area contributed by atoms with E-state index in [4.69, 9.17) is 14.2 Å². The standard InChI is InChI=1S/C25H30N4O6/c1-33-20-9-7-15(11-21(20)34-16-4-2-3-5-16)27-25(32)26-14-6-8-17-18(10-14)29-24(28-17)22-12-19(31)23(13-30)35-22/h6-11,16,19,22-23,30-31H,2-5,12-13H2,1H3,(H,28,29)(H2,26,27,32)/t19-,22+,23+/m0/s1. The number of rotatable bonds is 7. The van der Waals surface area contributed by atoms with Crippen molar-refractivity contribution in [1.29, 1.82) is 0 Å². The van der Waals surface area contributed by atoms with Gasteiger partial charge in [0.15, 0.2) is 11.5 Å². The van der Waals surface area contributed by atoms with Crippen LogP contribution in [0.3, 0.4) is 0 Å². The number of H-pyrrole nitrogens is 1. The number of aromatic nitrogens is 2. The number of nitrogens with one attached hydrogen (secondary N) is 3. The van der Waals surface area contributed by atoms with Gasteiger partial charge in [0.1, 0.15) is 18.0 Å². The average Bonchev–Trinajstić information content (AvgIpc) is 3.58. The third-order valence-corrected chi connectivity index (χ3v) is 6.48. The van der Waals surface area contributed by atoms with Crippen molar-refractivity contribution in [1.82, 2.24) is 9.97 Å². The lowest BCUT2D eigenvalue weighted by Crippen LogP contribution is -2.24. The zero-order valence-corrected chi connectivity index (χ0v) is 19.5. The summed E-state index contributed by atoms with van der Waals surface area (Å²) < 4.78 is 17.2. The minimum Gasteiger partial charge on any atom is -0.493 e. The second-order valence-corrected chi connectivity index (χ2v) is 8.97. The summed E-state index contributed by atoms with van der Waals surface area (Å²) >= 11 is 0. The molecule has 2 aliphatic rings. The highest BCUT2D eigenvalue weighted by Crippen LogP contribution is 2.35. The Labute approximate surface area is 202 Å². The number of benzene rings is 2. The van der Waals surface area contributed by atoms with E-state index in [0.717, 1.165) is 31.2 Å². The number of carbonyl (C=O) groups excluding carboxylic acids is 1. The summed E-state index contributed by atoms with van der Waals surface area (Å²) in [4.78, 5) is 20.4. The van der Waals surface area contributed by atoms with Crippen molar-refractivity contribution >= 4 is 28.4 Å². The third kappa shape index (κ3) is 5.19. The molecule has 2 fully saturated rings. The van der Waals surface area contributed by atoms with Gasteiger partial charge in [0.25, 0.3) is 0 Å². The topological polar surface area (TPSA) is 138 Å². The molecule has 5 rings (SSSR count). The molecule has 1 aliphatic carbocycles. The fourth-order valence-corrected chi connectivity index (χ4v) is 4.65. The maximum atomic E-state index is 12.7. The van der Waals surface area contributed by atoms with E-state index < -0.39 is 24.3 Å². The predicted octanol–water partition coefficient (Wildman–Crippen LogP) is 3.72. The SMILES string of the molecule is COc1ccc(NC(=O)Nc2ccc3nc([C@H]4C[C@H](O)[C@@H](CO)O4)[nH]c3c2)cc1OC1CCCC1. The lowest BCUT2D eigenvalue weighted by Gasteiger charge is -2.17.